The van der Waals surface area contributed by atoms with E-state index in [1.54, 1.807) is 12.1 Å². The van der Waals surface area contributed by atoms with Crippen LogP contribution in [-0.2, 0) is 26.0 Å². The Labute approximate surface area is 216 Å². The fraction of sp³-hybridized carbons (Fsp3) is 0.667. The van der Waals surface area contributed by atoms with Crippen molar-refractivity contribution in [3.8, 4) is 0 Å². The summed E-state index contributed by atoms with van der Waals surface area (Å²) in [4.78, 5) is 26.0. The Morgan fingerprint density at radius 2 is 1.59 bits per heavy atom. The van der Waals surface area contributed by atoms with Gasteiger partial charge in [-0.2, -0.15) is 17.5 Å². The summed E-state index contributed by atoms with van der Waals surface area (Å²) >= 11 is 0. The van der Waals surface area contributed by atoms with Gasteiger partial charge >= 0.3 is 12.1 Å². The number of aliphatic carboxylic acids is 1. The highest BCUT2D eigenvalue weighted by molar-refractivity contribution is 7.89. The predicted molar refractivity (Wildman–Crippen MR) is 133 cm³/mol. The summed E-state index contributed by atoms with van der Waals surface area (Å²) in [7, 11) is -3.62. The molecule has 2 aliphatic heterocycles. The highest BCUT2D eigenvalue weighted by atomic mass is 32.2. The second-order valence-electron chi connectivity index (χ2n) is 8.99. The second kappa shape index (κ2) is 14.6. The molecule has 3 rings (SSSR count). The third kappa shape index (κ3) is 10.2. The van der Waals surface area contributed by atoms with Crippen molar-refractivity contribution < 1.29 is 36.3 Å². The highest BCUT2D eigenvalue weighted by Crippen LogP contribution is 2.19. The Hall–Kier alpha value is -2.22. The Morgan fingerprint density at radius 3 is 2.11 bits per heavy atom. The highest BCUT2D eigenvalue weighted by Gasteiger charge is 2.38. The third-order valence-corrected chi connectivity index (χ3v) is 8.25. The molecule has 9 nitrogen and oxygen atoms in total. The van der Waals surface area contributed by atoms with Crippen LogP contribution in [0.4, 0.5) is 13.2 Å². The molecule has 13 heteroatoms. The van der Waals surface area contributed by atoms with E-state index in [0.717, 1.165) is 51.1 Å². The number of alkyl halides is 3. The minimum Gasteiger partial charge on any atom is -0.475 e. The molecular formula is C24H37F3N4O5S. The lowest BCUT2D eigenvalue weighted by molar-refractivity contribution is -0.192. The first-order chi connectivity index (χ1) is 17.4. The van der Waals surface area contributed by atoms with Gasteiger partial charge in [-0.15, -0.1) is 0 Å². The number of carboxylic acids is 1. The molecule has 1 amide bonds. The summed E-state index contributed by atoms with van der Waals surface area (Å²) in [5.74, 6) is -2.72. The lowest BCUT2D eigenvalue weighted by Gasteiger charge is -2.29. The standard InChI is InChI=1S/C22H36N4O3S.C2HF3O2/c1-2-20-6-8-21(9-7-20)30(28,29)26(16-5-15-24-13-3-4-14-24)17-10-22(27)25-18-11-23-12-19-25;3-2(4,5)1(6)7/h6-9,23H,2-5,10-19H2,1H3;(H,6,7). The van der Waals surface area contributed by atoms with E-state index in [4.69, 9.17) is 9.90 Å². The molecular weight excluding hydrogens is 513 g/mol. The van der Waals surface area contributed by atoms with Gasteiger partial charge in [0.25, 0.3) is 0 Å². The SMILES string of the molecule is CCc1ccc(S(=O)(=O)N(CCCN2CCCC2)CCC(=O)N2CCNCC2)cc1.O=C(O)C(F)(F)F. The number of likely N-dealkylation sites (tertiary alicyclic amines) is 1. The molecule has 1 aromatic rings. The summed E-state index contributed by atoms with van der Waals surface area (Å²) in [6.07, 6.45) is -0.737. The predicted octanol–water partition coefficient (Wildman–Crippen LogP) is 2.18. The first kappa shape index (κ1) is 31.0. The van der Waals surface area contributed by atoms with Crippen LogP contribution in [0.25, 0.3) is 0 Å². The summed E-state index contributed by atoms with van der Waals surface area (Å²) in [6, 6.07) is 7.14. The van der Waals surface area contributed by atoms with Gasteiger partial charge < -0.3 is 20.2 Å². The largest absolute Gasteiger partial charge is 0.490 e. The number of sulfonamides is 1. The number of rotatable bonds is 10. The topological polar surface area (TPSA) is 110 Å². The number of halogens is 3. The molecule has 2 heterocycles. The lowest BCUT2D eigenvalue weighted by Crippen LogP contribution is -2.47. The van der Waals surface area contributed by atoms with Gasteiger partial charge in [-0.05, 0) is 63.0 Å². The van der Waals surface area contributed by atoms with Crippen molar-refractivity contribution >= 4 is 21.9 Å². The number of carboxylic acid groups (broad SMARTS) is 1. The Morgan fingerprint density at radius 1 is 1.03 bits per heavy atom. The van der Waals surface area contributed by atoms with Gasteiger partial charge in [0.1, 0.15) is 0 Å². The van der Waals surface area contributed by atoms with E-state index in [9.17, 15) is 26.4 Å². The molecule has 0 bridgehead atoms. The summed E-state index contributed by atoms with van der Waals surface area (Å²) in [6.45, 7) is 8.84. The number of nitrogens with zero attached hydrogens (tertiary/aromatic N) is 3. The number of benzene rings is 1. The van der Waals surface area contributed by atoms with Crippen LogP contribution in [0.15, 0.2) is 29.2 Å². The van der Waals surface area contributed by atoms with E-state index in [1.807, 2.05) is 17.0 Å². The van der Waals surface area contributed by atoms with Gasteiger partial charge in [0.05, 0.1) is 4.90 Å². The molecule has 0 unspecified atom stereocenters. The minimum absolute atomic E-state index is 0.0394. The van der Waals surface area contributed by atoms with Gasteiger partial charge in [0.2, 0.25) is 15.9 Å². The number of piperazine rings is 1. The number of aryl methyl sites for hydroxylation is 1. The summed E-state index contributed by atoms with van der Waals surface area (Å²) in [5, 5.41) is 10.4. The van der Waals surface area contributed by atoms with E-state index in [-0.39, 0.29) is 18.9 Å². The van der Waals surface area contributed by atoms with Gasteiger partial charge in [0, 0.05) is 45.7 Å². The molecule has 0 aromatic heterocycles. The van der Waals surface area contributed by atoms with E-state index in [0.29, 0.717) is 24.5 Å². The average molecular weight is 551 g/mol. The van der Waals surface area contributed by atoms with Gasteiger partial charge in [-0.3, -0.25) is 4.79 Å². The van der Waals surface area contributed by atoms with Crippen LogP contribution < -0.4 is 5.32 Å². The number of hydrogen-bond donors (Lipinski definition) is 2. The zero-order valence-electron chi connectivity index (χ0n) is 21.2. The second-order valence-corrected chi connectivity index (χ2v) is 10.9. The first-order valence-corrected chi connectivity index (χ1v) is 14.0. The van der Waals surface area contributed by atoms with E-state index in [1.165, 1.54) is 17.1 Å². The van der Waals surface area contributed by atoms with Crippen LogP contribution in [0.3, 0.4) is 0 Å². The van der Waals surface area contributed by atoms with Crippen molar-refractivity contribution in [3.63, 3.8) is 0 Å². The molecule has 210 valence electrons. The zero-order chi connectivity index (χ0) is 27.5. The fourth-order valence-corrected chi connectivity index (χ4v) is 5.65. The molecule has 0 radical (unpaired) electrons. The smallest absolute Gasteiger partial charge is 0.475 e. The number of carbonyl (C=O) groups excluding carboxylic acids is 1. The number of hydrogen-bond acceptors (Lipinski definition) is 6. The molecule has 0 spiro atoms. The molecule has 0 atom stereocenters. The molecule has 2 fully saturated rings. The van der Waals surface area contributed by atoms with Crippen LogP contribution in [0.2, 0.25) is 0 Å². The van der Waals surface area contributed by atoms with Crippen LogP contribution in [0, 0.1) is 0 Å². The maximum atomic E-state index is 13.3. The van der Waals surface area contributed by atoms with Crippen molar-refractivity contribution in [2.45, 2.75) is 50.1 Å². The monoisotopic (exact) mass is 550 g/mol. The molecule has 2 saturated heterocycles. The van der Waals surface area contributed by atoms with Crippen molar-refractivity contribution in [3.05, 3.63) is 29.8 Å². The summed E-state index contributed by atoms with van der Waals surface area (Å²) < 4.78 is 59.9. The van der Waals surface area contributed by atoms with Crippen molar-refractivity contribution in [1.82, 2.24) is 19.4 Å². The molecule has 0 aliphatic carbocycles. The molecule has 2 aliphatic rings. The van der Waals surface area contributed by atoms with Crippen molar-refractivity contribution in [2.75, 3.05) is 58.9 Å². The molecule has 37 heavy (non-hydrogen) atoms. The van der Waals surface area contributed by atoms with Crippen LogP contribution in [0.1, 0.15) is 38.2 Å². The number of amides is 1. The fourth-order valence-electron chi connectivity index (χ4n) is 4.17. The third-order valence-electron chi connectivity index (χ3n) is 6.34. The molecule has 0 saturated carbocycles. The van der Waals surface area contributed by atoms with E-state index in [2.05, 4.69) is 17.1 Å². The van der Waals surface area contributed by atoms with Gasteiger partial charge in [-0.25, -0.2) is 13.2 Å². The first-order valence-electron chi connectivity index (χ1n) is 12.5. The van der Waals surface area contributed by atoms with Crippen LogP contribution in [-0.4, -0.2) is 105 Å². The zero-order valence-corrected chi connectivity index (χ0v) is 22.0. The molecule has 2 N–H and O–H groups in total. The Balaban J connectivity index is 0.000000604. The summed E-state index contributed by atoms with van der Waals surface area (Å²) in [5.41, 5.74) is 1.11. The minimum atomic E-state index is -5.08. The quantitative estimate of drug-likeness (QED) is 0.460. The van der Waals surface area contributed by atoms with Crippen LogP contribution in [0.5, 0.6) is 0 Å². The Kier molecular flexibility index (Phi) is 12.3. The van der Waals surface area contributed by atoms with Crippen molar-refractivity contribution in [1.29, 1.82) is 0 Å². The normalized spacial score (nSPS) is 16.9. The number of carbonyl (C=O) groups is 2. The lowest BCUT2D eigenvalue weighted by atomic mass is 10.2. The maximum Gasteiger partial charge on any atom is 0.490 e. The van der Waals surface area contributed by atoms with E-state index < -0.39 is 22.2 Å². The van der Waals surface area contributed by atoms with Crippen LogP contribution >= 0.6 is 0 Å². The van der Waals surface area contributed by atoms with Gasteiger partial charge in [0.15, 0.2) is 0 Å². The Bertz CT molecular complexity index is 962. The van der Waals surface area contributed by atoms with Crippen molar-refractivity contribution in [2.24, 2.45) is 0 Å². The maximum absolute atomic E-state index is 13.3. The molecule has 1 aromatic carbocycles. The average Bonchev–Trinajstić information content (AvgIpc) is 3.39. The van der Waals surface area contributed by atoms with Gasteiger partial charge in [-0.1, -0.05) is 19.1 Å². The van der Waals surface area contributed by atoms with E-state index >= 15 is 0 Å². The number of nitrogens with one attached hydrogen (secondary N) is 1.